The van der Waals surface area contributed by atoms with Gasteiger partial charge in [-0.3, -0.25) is 4.79 Å². The van der Waals surface area contributed by atoms with Crippen LogP contribution in [0.3, 0.4) is 0 Å². The van der Waals surface area contributed by atoms with Crippen molar-refractivity contribution in [1.82, 2.24) is 4.31 Å². The maximum atomic E-state index is 12.7. The van der Waals surface area contributed by atoms with Crippen LogP contribution in [0.25, 0.3) is 0 Å². The largest absolute Gasteiger partial charge is 0.494 e. The zero-order valence-corrected chi connectivity index (χ0v) is 16.5. The molecule has 1 fully saturated rings. The summed E-state index contributed by atoms with van der Waals surface area (Å²) in [6.07, 6.45) is 1.69. The molecule has 6 nitrogen and oxygen atoms in total. The van der Waals surface area contributed by atoms with Crippen molar-refractivity contribution < 1.29 is 17.9 Å². The lowest BCUT2D eigenvalue weighted by atomic mass is 10.2. The first kappa shape index (κ1) is 19.7. The van der Waals surface area contributed by atoms with Crippen LogP contribution in [0.2, 0.25) is 5.02 Å². The molecule has 1 heterocycles. The standard InChI is InChI=1S/C19H21ClN2O4S/c1-2-26-15-7-5-14(6-8-15)21-19(23)17-13-16(9-10-18(17)20)27(24,25)22-11-3-4-12-22/h5-10,13H,2-4,11-12H2,1H3,(H,21,23). The van der Waals surface area contributed by atoms with E-state index in [4.69, 9.17) is 16.3 Å². The van der Waals surface area contributed by atoms with Gasteiger partial charge in [-0.05, 0) is 62.2 Å². The molecular formula is C19H21ClN2O4S. The zero-order chi connectivity index (χ0) is 19.4. The number of benzene rings is 2. The number of hydrogen-bond donors (Lipinski definition) is 1. The Labute approximate surface area is 164 Å². The number of amides is 1. The van der Waals surface area contributed by atoms with Gasteiger partial charge in [0.1, 0.15) is 5.75 Å². The number of carbonyl (C=O) groups excluding carboxylic acids is 1. The fourth-order valence-corrected chi connectivity index (χ4v) is 4.66. The van der Waals surface area contributed by atoms with Crippen molar-refractivity contribution in [3.63, 3.8) is 0 Å². The molecular weight excluding hydrogens is 388 g/mol. The van der Waals surface area contributed by atoms with Gasteiger partial charge in [-0.2, -0.15) is 4.31 Å². The highest BCUT2D eigenvalue weighted by molar-refractivity contribution is 7.89. The molecule has 27 heavy (non-hydrogen) atoms. The van der Waals surface area contributed by atoms with Gasteiger partial charge in [0.2, 0.25) is 10.0 Å². The summed E-state index contributed by atoms with van der Waals surface area (Å²) >= 11 is 6.14. The monoisotopic (exact) mass is 408 g/mol. The third kappa shape index (κ3) is 4.43. The zero-order valence-electron chi connectivity index (χ0n) is 14.9. The molecule has 1 N–H and O–H groups in total. The number of hydrogen-bond acceptors (Lipinski definition) is 4. The number of carbonyl (C=O) groups is 1. The molecule has 1 amide bonds. The Hall–Kier alpha value is -2.09. The van der Waals surface area contributed by atoms with Gasteiger partial charge in [0.05, 0.1) is 22.1 Å². The number of sulfonamides is 1. The highest BCUT2D eigenvalue weighted by atomic mass is 35.5. The molecule has 8 heteroatoms. The molecule has 2 aromatic rings. The summed E-state index contributed by atoms with van der Waals surface area (Å²) in [7, 11) is -3.62. The van der Waals surface area contributed by atoms with Crippen LogP contribution in [-0.2, 0) is 10.0 Å². The lowest BCUT2D eigenvalue weighted by molar-refractivity contribution is 0.102. The third-order valence-corrected chi connectivity index (χ3v) is 6.53. The van der Waals surface area contributed by atoms with Gasteiger partial charge in [-0.15, -0.1) is 0 Å². The van der Waals surface area contributed by atoms with Gasteiger partial charge in [-0.1, -0.05) is 11.6 Å². The predicted molar refractivity (Wildman–Crippen MR) is 105 cm³/mol. The molecule has 3 rings (SSSR count). The fraction of sp³-hybridized carbons (Fsp3) is 0.316. The Morgan fingerprint density at radius 1 is 1.15 bits per heavy atom. The number of halogens is 1. The second-order valence-corrected chi connectivity index (χ2v) is 8.51. The Morgan fingerprint density at radius 3 is 2.44 bits per heavy atom. The molecule has 1 aliphatic rings. The summed E-state index contributed by atoms with van der Waals surface area (Å²) < 4.78 is 32.2. The quantitative estimate of drug-likeness (QED) is 0.789. The van der Waals surface area contributed by atoms with Crippen molar-refractivity contribution in [2.24, 2.45) is 0 Å². The average molecular weight is 409 g/mol. The van der Waals surface area contributed by atoms with Crippen LogP contribution in [0.15, 0.2) is 47.4 Å². The van der Waals surface area contributed by atoms with E-state index in [1.165, 1.54) is 22.5 Å². The van der Waals surface area contributed by atoms with E-state index in [1.54, 1.807) is 24.3 Å². The van der Waals surface area contributed by atoms with Crippen molar-refractivity contribution >= 4 is 33.2 Å². The van der Waals surface area contributed by atoms with Crippen LogP contribution in [0.4, 0.5) is 5.69 Å². The van der Waals surface area contributed by atoms with Gasteiger partial charge in [0, 0.05) is 18.8 Å². The van der Waals surface area contributed by atoms with Crippen LogP contribution < -0.4 is 10.1 Å². The molecule has 0 aliphatic carbocycles. The maximum Gasteiger partial charge on any atom is 0.257 e. The Balaban J connectivity index is 1.82. The minimum atomic E-state index is -3.62. The van der Waals surface area contributed by atoms with Gasteiger partial charge < -0.3 is 10.1 Å². The molecule has 0 unspecified atom stereocenters. The van der Waals surface area contributed by atoms with E-state index in [2.05, 4.69) is 5.32 Å². The molecule has 0 aromatic heterocycles. The highest BCUT2D eigenvalue weighted by Gasteiger charge is 2.28. The second kappa shape index (κ2) is 8.29. The number of ether oxygens (including phenoxy) is 1. The average Bonchev–Trinajstić information content (AvgIpc) is 3.19. The van der Waals surface area contributed by atoms with Crippen molar-refractivity contribution in [1.29, 1.82) is 0 Å². The first-order chi connectivity index (χ1) is 12.9. The highest BCUT2D eigenvalue weighted by Crippen LogP contribution is 2.26. The molecule has 0 radical (unpaired) electrons. The molecule has 0 bridgehead atoms. The molecule has 1 aliphatic heterocycles. The Morgan fingerprint density at radius 2 is 1.81 bits per heavy atom. The lowest BCUT2D eigenvalue weighted by Gasteiger charge is -2.16. The molecule has 144 valence electrons. The van der Waals surface area contributed by atoms with Crippen LogP contribution in [0, 0.1) is 0 Å². The number of nitrogens with one attached hydrogen (secondary N) is 1. The van der Waals surface area contributed by atoms with Gasteiger partial charge in [0.25, 0.3) is 5.91 Å². The number of rotatable bonds is 6. The van der Waals surface area contributed by atoms with E-state index in [0.29, 0.717) is 31.1 Å². The fourth-order valence-electron chi connectivity index (χ4n) is 2.92. The van der Waals surface area contributed by atoms with Crippen LogP contribution in [0.5, 0.6) is 5.75 Å². The minimum absolute atomic E-state index is 0.0747. The summed E-state index contributed by atoms with van der Waals surface area (Å²) in [5.41, 5.74) is 0.679. The predicted octanol–water partition coefficient (Wildman–Crippen LogP) is 3.78. The Kier molecular flexibility index (Phi) is 6.04. The smallest absolute Gasteiger partial charge is 0.257 e. The molecule has 1 saturated heterocycles. The topological polar surface area (TPSA) is 75.7 Å². The van der Waals surface area contributed by atoms with Crippen LogP contribution in [0.1, 0.15) is 30.1 Å². The number of nitrogens with zero attached hydrogens (tertiary/aromatic N) is 1. The molecule has 0 spiro atoms. The van der Waals surface area contributed by atoms with Crippen molar-refractivity contribution in [2.75, 3.05) is 25.0 Å². The van der Waals surface area contributed by atoms with Gasteiger partial charge >= 0.3 is 0 Å². The van der Waals surface area contributed by atoms with E-state index >= 15 is 0 Å². The second-order valence-electron chi connectivity index (χ2n) is 6.16. The molecule has 0 atom stereocenters. The van der Waals surface area contributed by atoms with Crippen LogP contribution >= 0.6 is 11.6 Å². The summed E-state index contributed by atoms with van der Waals surface area (Å²) in [6.45, 7) is 3.44. The SMILES string of the molecule is CCOc1ccc(NC(=O)c2cc(S(=O)(=O)N3CCCC3)ccc2Cl)cc1. The Bertz CT molecular complexity index is 923. The minimum Gasteiger partial charge on any atom is -0.494 e. The van der Waals surface area contributed by atoms with Gasteiger partial charge in [0.15, 0.2) is 0 Å². The first-order valence-electron chi connectivity index (χ1n) is 8.75. The summed E-state index contributed by atoms with van der Waals surface area (Å²) in [5.74, 6) is 0.231. The lowest BCUT2D eigenvalue weighted by Crippen LogP contribution is -2.28. The summed E-state index contributed by atoms with van der Waals surface area (Å²) in [4.78, 5) is 12.7. The molecule has 2 aromatic carbocycles. The van der Waals surface area contributed by atoms with E-state index in [0.717, 1.165) is 12.8 Å². The van der Waals surface area contributed by atoms with E-state index < -0.39 is 15.9 Å². The van der Waals surface area contributed by atoms with E-state index in [-0.39, 0.29) is 15.5 Å². The first-order valence-corrected chi connectivity index (χ1v) is 10.6. The normalized spacial score (nSPS) is 14.9. The van der Waals surface area contributed by atoms with Crippen molar-refractivity contribution in [3.8, 4) is 5.75 Å². The van der Waals surface area contributed by atoms with E-state index in [1.807, 2.05) is 6.92 Å². The maximum absolute atomic E-state index is 12.7. The van der Waals surface area contributed by atoms with Crippen molar-refractivity contribution in [2.45, 2.75) is 24.7 Å². The summed E-state index contributed by atoms with van der Waals surface area (Å²) in [5, 5.41) is 2.92. The van der Waals surface area contributed by atoms with E-state index in [9.17, 15) is 13.2 Å². The summed E-state index contributed by atoms with van der Waals surface area (Å²) in [6, 6.07) is 11.1. The number of anilines is 1. The molecule has 0 saturated carbocycles. The van der Waals surface area contributed by atoms with Gasteiger partial charge in [-0.25, -0.2) is 8.42 Å². The van der Waals surface area contributed by atoms with Crippen LogP contribution in [-0.4, -0.2) is 38.3 Å². The van der Waals surface area contributed by atoms with Crippen molar-refractivity contribution in [3.05, 3.63) is 53.1 Å². The third-order valence-electron chi connectivity index (χ3n) is 4.31.